The molecule has 0 saturated carbocycles. The number of piperidine rings is 1. The van der Waals surface area contributed by atoms with Gasteiger partial charge in [-0.05, 0) is 32.0 Å². The molecule has 16 heavy (non-hydrogen) atoms. The van der Waals surface area contributed by atoms with Crippen LogP contribution in [0.2, 0.25) is 0 Å². The average Bonchev–Trinajstić information content (AvgIpc) is 2.39. The van der Waals surface area contributed by atoms with Crippen LogP contribution in [0.4, 0.5) is 5.69 Å². The van der Waals surface area contributed by atoms with Crippen LogP contribution >= 0.6 is 0 Å². The van der Waals surface area contributed by atoms with Gasteiger partial charge in [0, 0.05) is 30.7 Å². The third-order valence-corrected chi connectivity index (χ3v) is 3.20. The molecular weight excluding hydrogens is 202 g/mol. The Balaban J connectivity index is 2.13. The van der Waals surface area contributed by atoms with Crippen LogP contribution in [0.1, 0.15) is 12.8 Å². The van der Waals surface area contributed by atoms with Crippen LogP contribution in [-0.2, 0) is 4.79 Å². The summed E-state index contributed by atoms with van der Waals surface area (Å²) in [4.78, 5) is 17.3. The molecule has 86 valence electrons. The van der Waals surface area contributed by atoms with Crippen molar-refractivity contribution in [3.8, 4) is 0 Å². The molecule has 1 aliphatic heterocycles. The van der Waals surface area contributed by atoms with Crippen LogP contribution in [0.15, 0.2) is 24.5 Å². The standard InChI is InChI=1S/C12H17N3O/c1-13-10-4-7-15(12(8-10)9-16)11-2-5-14-6-3-11/h2-3,5-6,9-10,12-13H,4,7-8H2,1H3. The molecule has 4 heteroatoms. The Labute approximate surface area is 95.7 Å². The summed E-state index contributed by atoms with van der Waals surface area (Å²) in [5.74, 6) is 0. The highest BCUT2D eigenvalue weighted by Crippen LogP contribution is 2.23. The Kier molecular flexibility index (Phi) is 3.51. The largest absolute Gasteiger partial charge is 0.362 e. The van der Waals surface area contributed by atoms with Crippen LogP contribution in [0.25, 0.3) is 0 Å². The molecule has 2 rings (SSSR count). The number of rotatable bonds is 3. The summed E-state index contributed by atoms with van der Waals surface area (Å²) in [6.07, 6.45) is 6.53. The van der Waals surface area contributed by atoms with Crippen molar-refractivity contribution >= 4 is 12.0 Å². The zero-order valence-electron chi connectivity index (χ0n) is 9.47. The second kappa shape index (κ2) is 5.07. The molecule has 1 N–H and O–H groups in total. The molecular formula is C12H17N3O. The predicted molar refractivity (Wildman–Crippen MR) is 63.5 cm³/mol. The van der Waals surface area contributed by atoms with Crippen molar-refractivity contribution in [3.05, 3.63) is 24.5 Å². The molecule has 1 aliphatic rings. The summed E-state index contributed by atoms with van der Waals surface area (Å²) in [7, 11) is 1.95. The molecule has 1 fully saturated rings. The first-order valence-corrected chi connectivity index (χ1v) is 5.64. The number of aromatic nitrogens is 1. The van der Waals surface area contributed by atoms with Gasteiger partial charge in [0.25, 0.3) is 0 Å². The molecule has 1 aromatic rings. The maximum Gasteiger partial charge on any atom is 0.142 e. The van der Waals surface area contributed by atoms with E-state index in [1.54, 1.807) is 12.4 Å². The second-order valence-electron chi connectivity index (χ2n) is 4.11. The molecule has 0 radical (unpaired) electrons. The minimum atomic E-state index is -0.0198. The first-order valence-electron chi connectivity index (χ1n) is 5.64. The van der Waals surface area contributed by atoms with Gasteiger partial charge in [-0.3, -0.25) is 4.98 Å². The minimum absolute atomic E-state index is 0.0198. The lowest BCUT2D eigenvalue weighted by atomic mass is 9.97. The van der Waals surface area contributed by atoms with Gasteiger partial charge >= 0.3 is 0 Å². The molecule has 1 saturated heterocycles. The highest BCUT2D eigenvalue weighted by Gasteiger charge is 2.27. The Morgan fingerprint density at radius 3 is 2.88 bits per heavy atom. The van der Waals surface area contributed by atoms with E-state index in [9.17, 15) is 4.79 Å². The molecule has 2 heterocycles. The topological polar surface area (TPSA) is 45.2 Å². The number of pyridine rings is 1. The third-order valence-electron chi connectivity index (χ3n) is 3.20. The number of anilines is 1. The zero-order chi connectivity index (χ0) is 11.4. The van der Waals surface area contributed by atoms with Crippen molar-refractivity contribution in [3.63, 3.8) is 0 Å². The Morgan fingerprint density at radius 2 is 2.25 bits per heavy atom. The summed E-state index contributed by atoms with van der Waals surface area (Å²) in [6, 6.07) is 4.34. The zero-order valence-corrected chi connectivity index (χ0v) is 9.47. The van der Waals surface area contributed by atoms with Gasteiger partial charge in [-0.2, -0.15) is 0 Å². The summed E-state index contributed by atoms with van der Waals surface area (Å²) >= 11 is 0. The van der Waals surface area contributed by atoms with Gasteiger partial charge in [-0.1, -0.05) is 0 Å². The quantitative estimate of drug-likeness (QED) is 0.765. The summed E-state index contributed by atoms with van der Waals surface area (Å²) < 4.78 is 0. The number of carbonyl (C=O) groups excluding carboxylic acids is 1. The van der Waals surface area contributed by atoms with Gasteiger partial charge in [0.05, 0.1) is 6.04 Å². The summed E-state index contributed by atoms with van der Waals surface area (Å²) in [5.41, 5.74) is 1.08. The maximum atomic E-state index is 11.1. The molecule has 0 aromatic carbocycles. The average molecular weight is 219 g/mol. The Bertz CT molecular complexity index is 341. The first-order chi connectivity index (χ1) is 7.85. The summed E-state index contributed by atoms with van der Waals surface area (Å²) in [5, 5.41) is 3.24. The van der Waals surface area contributed by atoms with Gasteiger partial charge in [0.15, 0.2) is 0 Å². The van der Waals surface area contributed by atoms with E-state index in [1.165, 1.54) is 0 Å². The van der Waals surface area contributed by atoms with E-state index in [1.807, 2.05) is 19.2 Å². The van der Waals surface area contributed by atoms with Gasteiger partial charge in [0.2, 0.25) is 0 Å². The second-order valence-corrected chi connectivity index (χ2v) is 4.11. The van der Waals surface area contributed by atoms with Crippen LogP contribution in [0.3, 0.4) is 0 Å². The van der Waals surface area contributed by atoms with Crippen LogP contribution in [-0.4, -0.2) is 36.9 Å². The van der Waals surface area contributed by atoms with Crippen molar-refractivity contribution in [2.45, 2.75) is 24.9 Å². The van der Waals surface area contributed by atoms with E-state index in [-0.39, 0.29) is 6.04 Å². The van der Waals surface area contributed by atoms with Crippen molar-refractivity contribution in [1.82, 2.24) is 10.3 Å². The van der Waals surface area contributed by atoms with Crippen LogP contribution in [0.5, 0.6) is 0 Å². The smallest absolute Gasteiger partial charge is 0.142 e. The normalized spacial score (nSPS) is 25.4. The fourth-order valence-corrected chi connectivity index (χ4v) is 2.24. The number of hydrogen-bond acceptors (Lipinski definition) is 4. The predicted octanol–water partition coefficient (Wildman–Crippen LogP) is 0.837. The van der Waals surface area contributed by atoms with Gasteiger partial charge < -0.3 is 15.0 Å². The number of nitrogens with one attached hydrogen (secondary N) is 1. The molecule has 4 nitrogen and oxygen atoms in total. The lowest BCUT2D eigenvalue weighted by Crippen LogP contribution is -2.48. The fraction of sp³-hybridized carbons (Fsp3) is 0.500. The molecule has 0 bridgehead atoms. The van der Waals surface area contributed by atoms with Crippen molar-refractivity contribution in [2.75, 3.05) is 18.5 Å². The molecule has 0 amide bonds. The van der Waals surface area contributed by atoms with Crippen molar-refractivity contribution in [2.24, 2.45) is 0 Å². The van der Waals surface area contributed by atoms with E-state index in [2.05, 4.69) is 15.2 Å². The molecule has 1 aromatic heterocycles. The number of nitrogens with zero attached hydrogens (tertiary/aromatic N) is 2. The Hall–Kier alpha value is -1.42. The number of hydrogen-bond donors (Lipinski definition) is 1. The highest BCUT2D eigenvalue weighted by atomic mass is 16.1. The molecule has 2 unspecified atom stereocenters. The van der Waals surface area contributed by atoms with E-state index >= 15 is 0 Å². The van der Waals surface area contributed by atoms with Gasteiger partial charge in [-0.15, -0.1) is 0 Å². The number of carbonyl (C=O) groups is 1. The van der Waals surface area contributed by atoms with E-state index in [4.69, 9.17) is 0 Å². The van der Waals surface area contributed by atoms with Gasteiger partial charge in [-0.25, -0.2) is 0 Å². The van der Waals surface area contributed by atoms with Crippen LogP contribution in [0, 0.1) is 0 Å². The summed E-state index contributed by atoms with van der Waals surface area (Å²) in [6.45, 7) is 0.916. The SMILES string of the molecule is CNC1CCN(c2ccncc2)C(C=O)C1. The molecule has 0 aliphatic carbocycles. The maximum absolute atomic E-state index is 11.1. The lowest BCUT2D eigenvalue weighted by Gasteiger charge is -2.38. The van der Waals surface area contributed by atoms with E-state index in [0.29, 0.717) is 6.04 Å². The minimum Gasteiger partial charge on any atom is -0.362 e. The van der Waals surface area contributed by atoms with E-state index < -0.39 is 0 Å². The Morgan fingerprint density at radius 1 is 1.50 bits per heavy atom. The highest BCUT2D eigenvalue weighted by molar-refractivity contribution is 5.66. The van der Waals surface area contributed by atoms with Crippen molar-refractivity contribution < 1.29 is 4.79 Å². The van der Waals surface area contributed by atoms with Gasteiger partial charge in [0.1, 0.15) is 6.29 Å². The monoisotopic (exact) mass is 219 g/mol. The van der Waals surface area contributed by atoms with E-state index in [0.717, 1.165) is 31.4 Å². The lowest BCUT2D eigenvalue weighted by molar-refractivity contribution is -0.109. The molecule has 0 spiro atoms. The first kappa shape index (κ1) is 11.1. The fourth-order valence-electron chi connectivity index (χ4n) is 2.24. The van der Waals surface area contributed by atoms with Crippen LogP contribution < -0.4 is 10.2 Å². The van der Waals surface area contributed by atoms with Crippen molar-refractivity contribution in [1.29, 1.82) is 0 Å². The third kappa shape index (κ3) is 2.22. The molecule has 2 atom stereocenters. The number of aldehydes is 1.